The molecule has 0 radical (unpaired) electrons. The fourth-order valence-corrected chi connectivity index (χ4v) is 3.07. The number of nitrogens with zero attached hydrogens (tertiary/aromatic N) is 5. The smallest absolute Gasteiger partial charge is 0.165 e. The lowest BCUT2D eigenvalue weighted by atomic mass is 10.1. The van der Waals surface area contributed by atoms with Crippen molar-refractivity contribution in [3.8, 4) is 17.0 Å². The van der Waals surface area contributed by atoms with Crippen LogP contribution in [0.1, 0.15) is 0 Å². The first-order valence-corrected chi connectivity index (χ1v) is 8.09. The number of pyridine rings is 1. The first-order chi connectivity index (χ1) is 11.7. The predicted octanol–water partition coefficient (Wildman–Crippen LogP) is 1.44. The van der Waals surface area contributed by atoms with Crippen LogP contribution in [-0.2, 0) is 11.8 Å². The SMILES string of the molecule is CN1CCO[C@@H](COc2cnn(C)c2-c2ccn3nccc3c2)C1. The number of hydrogen-bond acceptors (Lipinski definition) is 5. The van der Waals surface area contributed by atoms with Gasteiger partial charge in [0.15, 0.2) is 5.75 Å². The quantitative estimate of drug-likeness (QED) is 0.726. The van der Waals surface area contributed by atoms with E-state index in [4.69, 9.17) is 9.47 Å². The second kappa shape index (κ2) is 6.26. The minimum absolute atomic E-state index is 0.0918. The maximum Gasteiger partial charge on any atom is 0.165 e. The van der Waals surface area contributed by atoms with Gasteiger partial charge >= 0.3 is 0 Å². The standard InChI is InChI=1S/C17H21N5O2/c1-20-7-8-23-15(11-20)12-24-16-10-19-21(2)17(16)13-4-6-22-14(9-13)3-5-18-22/h3-6,9-10,15H,7-8,11-12H2,1-2H3/t15-/m1/s1. The summed E-state index contributed by atoms with van der Waals surface area (Å²) in [6.07, 6.45) is 5.59. The molecule has 1 aliphatic rings. The summed E-state index contributed by atoms with van der Waals surface area (Å²) in [4.78, 5) is 2.26. The van der Waals surface area contributed by atoms with Crippen LogP contribution >= 0.6 is 0 Å². The first kappa shape index (κ1) is 15.2. The molecule has 1 saturated heterocycles. The lowest BCUT2D eigenvalue weighted by Gasteiger charge is -2.29. The number of likely N-dealkylation sites (N-methyl/N-ethyl adjacent to an activating group) is 1. The van der Waals surface area contributed by atoms with Crippen LogP contribution in [0.25, 0.3) is 16.8 Å². The number of aromatic nitrogens is 4. The first-order valence-electron chi connectivity index (χ1n) is 8.09. The van der Waals surface area contributed by atoms with E-state index in [0.717, 1.165) is 42.2 Å². The third kappa shape index (κ3) is 2.88. The van der Waals surface area contributed by atoms with E-state index in [9.17, 15) is 0 Å². The Morgan fingerprint density at radius 1 is 1.29 bits per heavy atom. The molecule has 7 heteroatoms. The van der Waals surface area contributed by atoms with Crippen LogP contribution in [0.2, 0.25) is 0 Å². The number of ether oxygens (including phenoxy) is 2. The van der Waals surface area contributed by atoms with Gasteiger partial charge in [-0.25, -0.2) is 4.52 Å². The minimum Gasteiger partial charge on any atom is -0.487 e. The third-order valence-corrected chi connectivity index (χ3v) is 4.34. The largest absolute Gasteiger partial charge is 0.487 e. The van der Waals surface area contributed by atoms with Gasteiger partial charge in [-0.05, 0) is 25.2 Å². The average molecular weight is 327 g/mol. The Labute approximate surface area is 140 Å². The van der Waals surface area contributed by atoms with Crippen LogP contribution in [-0.4, -0.2) is 63.7 Å². The summed E-state index contributed by atoms with van der Waals surface area (Å²) in [5.41, 5.74) is 3.06. The summed E-state index contributed by atoms with van der Waals surface area (Å²) in [5.74, 6) is 0.776. The topological polar surface area (TPSA) is 56.8 Å². The van der Waals surface area contributed by atoms with Crippen LogP contribution in [0.15, 0.2) is 36.8 Å². The fourth-order valence-electron chi connectivity index (χ4n) is 3.07. The number of rotatable bonds is 4. The molecule has 0 aliphatic carbocycles. The highest BCUT2D eigenvalue weighted by atomic mass is 16.5. The Balaban J connectivity index is 1.56. The van der Waals surface area contributed by atoms with Crippen molar-refractivity contribution in [3.63, 3.8) is 0 Å². The van der Waals surface area contributed by atoms with Gasteiger partial charge in [-0.1, -0.05) is 0 Å². The van der Waals surface area contributed by atoms with Gasteiger partial charge < -0.3 is 14.4 Å². The van der Waals surface area contributed by atoms with Crippen LogP contribution in [0.5, 0.6) is 5.75 Å². The Bertz CT molecular complexity index is 840. The van der Waals surface area contributed by atoms with Crippen molar-refractivity contribution in [1.29, 1.82) is 0 Å². The molecule has 126 valence electrons. The molecule has 7 nitrogen and oxygen atoms in total. The monoisotopic (exact) mass is 327 g/mol. The lowest BCUT2D eigenvalue weighted by molar-refractivity contribution is -0.0402. The van der Waals surface area contributed by atoms with Crippen molar-refractivity contribution >= 4 is 5.52 Å². The summed E-state index contributed by atoms with van der Waals surface area (Å²) in [5, 5.41) is 8.59. The molecule has 4 rings (SSSR count). The van der Waals surface area contributed by atoms with Crippen molar-refractivity contribution in [2.45, 2.75) is 6.10 Å². The normalized spacial score (nSPS) is 19.0. The second-order valence-electron chi connectivity index (χ2n) is 6.16. The van der Waals surface area contributed by atoms with Gasteiger partial charge in [-0.15, -0.1) is 0 Å². The highest BCUT2D eigenvalue weighted by molar-refractivity contribution is 5.70. The highest BCUT2D eigenvalue weighted by Gasteiger charge is 2.20. The van der Waals surface area contributed by atoms with Gasteiger partial charge in [0, 0.05) is 38.1 Å². The van der Waals surface area contributed by atoms with E-state index in [1.165, 1.54) is 0 Å². The van der Waals surface area contributed by atoms with E-state index in [2.05, 4.69) is 28.2 Å². The summed E-state index contributed by atoms with van der Waals surface area (Å²) in [7, 11) is 4.03. The summed E-state index contributed by atoms with van der Waals surface area (Å²) in [6, 6.07) is 6.09. The van der Waals surface area contributed by atoms with E-state index in [-0.39, 0.29) is 6.10 Å². The van der Waals surface area contributed by atoms with Gasteiger partial charge in [-0.2, -0.15) is 10.2 Å². The fraction of sp³-hybridized carbons (Fsp3) is 0.412. The maximum atomic E-state index is 6.04. The van der Waals surface area contributed by atoms with E-state index in [0.29, 0.717) is 6.61 Å². The van der Waals surface area contributed by atoms with E-state index < -0.39 is 0 Å². The van der Waals surface area contributed by atoms with Gasteiger partial charge in [0.25, 0.3) is 0 Å². The maximum absolute atomic E-state index is 6.04. The highest BCUT2D eigenvalue weighted by Crippen LogP contribution is 2.30. The van der Waals surface area contributed by atoms with E-state index in [1.54, 1.807) is 12.4 Å². The van der Waals surface area contributed by atoms with Crippen molar-refractivity contribution in [3.05, 3.63) is 36.8 Å². The predicted molar refractivity (Wildman–Crippen MR) is 90.1 cm³/mol. The molecule has 0 N–H and O–H groups in total. The van der Waals surface area contributed by atoms with Gasteiger partial charge in [-0.3, -0.25) is 4.68 Å². The van der Waals surface area contributed by atoms with Crippen LogP contribution < -0.4 is 4.74 Å². The van der Waals surface area contributed by atoms with E-state index in [1.807, 2.05) is 34.6 Å². The molecular weight excluding hydrogens is 306 g/mol. The molecule has 0 aromatic carbocycles. The van der Waals surface area contributed by atoms with Crippen molar-refractivity contribution in [1.82, 2.24) is 24.3 Å². The molecule has 24 heavy (non-hydrogen) atoms. The Morgan fingerprint density at radius 2 is 2.21 bits per heavy atom. The van der Waals surface area contributed by atoms with Crippen molar-refractivity contribution in [2.75, 3.05) is 33.4 Å². The van der Waals surface area contributed by atoms with Crippen LogP contribution in [0.3, 0.4) is 0 Å². The van der Waals surface area contributed by atoms with Gasteiger partial charge in [0.1, 0.15) is 18.4 Å². The number of aryl methyl sites for hydroxylation is 1. The van der Waals surface area contributed by atoms with Crippen LogP contribution in [0.4, 0.5) is 0 Å². The molecule has 3 aromatic rings. The number of morpholine rings is 1. The van der Waals surface area contributed by atoms with Crippen molar-refractivity contribution in [2.24, 2.45) is 7.05 Å². The van der Waals surface area contributed by atoms with Gasteiger partial charge in [0.05, 0.1) is 18.3 Å². The summed E-state index contributed by atoms with van der Waals surface area (Å²) >= 11 is 0. The number of hydrogen-bond donors (Lipinski definition) is 0. The zero-order valence-corrected chi connectivity index (χ0v) is 13.9. The lowest BCUT2D eigenvalue weighted by Crippen LogP contribution is -2.42. The van der Waals surface area contributed by atoms with Crippen LogP contribution in [0, 0.1) is 0 Å². The Hall–Kier alpha value is -2.38. The van der Waals surface area contributed by atoms with E-state index >= 15 is 0 Å². The molecule has 0 amide bonds. The third-order valence-electron chi connectivity index (χ3n) is 4.34. The zero-order chi connectivity index (χ0) is 16.5. The Morgan fingerprint density at radius 3 is 3.08 bits per heavy atom. The van der Waals surface area contributed by atoms with Gasteiger partial charge in [0.2, 0.25) is 0 Å². The zero-order valence-electron chi connectivity index (χ0n) is 13.9. The molecule has 0 saturated carbocycles. The summed E-state index contributed by atoms with van der Waals surface area (Å²) < 4.78 is 15.5. The second-order valence-corrected chi connectivity index (χ2v) is 6.16. The molecule has 0 bridgehead atoms. The number of fused-ring (bicyclic) bond motifs is 1. The van der Waals surface area contributed by atoms with Crippen molar-refractivity contribution < 1.29 is 9.47 Å². The summed E-state index contributed by atoms with van der Waals surface area (Å²) in [6.45, 7) is 3.14. The molecule has 0 spiro atoms. The molecule has 1 fully saturated rings. The molecule has 3 aromatic heterocycles. The molecule has 1 aliphatic heterocycles. The average Bonchev–Trinajstić information content (AvgIpc) is 3.18. The molecular formula is C17H21N5O2. The Kier molecular flexibility index (Phi) is 3.95. The molecule has 1 atom stereocenters. The molecule has 0 unspecified atom stereocenters. The minimum atomic E-state index is 0.0918. The molecule has 4 heterocycles.